The zero-order valence-electron chi connectivity index (χ0n) is 17.8. The Kier molecular flexibility index (Phi) is 6.29. The molecule has 160 valence electrons. The van der Waals surface area contributed by atoms with Crippen LogP contribution in [0, 0.1) is 13.8 Å². The van der Waals surface area contributed by atoms with Crippen molar-refractivity contribution in [2.24, 2.45) is 0 Å². The summed E-state index contributed by atoms with van der Waals surface area (Å²) in [7, 11) is 0. The summed E-state index contributed by atoms with van der Waals surface area (Å²) in [6.45, 7) is 8.40. The van der Waals surface area contributed by atoms with Crippen LogP contribution in [0.1, 0.15) is 43.4 Å². The van der Waals surface area contributed by atoms with Crippen molar-refractivity contribution in [1.82, 2.24) is 4.90 Å². The number of aryl methyl sites for hydroxylation is 2. The average Bonchev–Trinajstić information content (AvgIpc) is 3.17. The van der Waals surface area contributed by atoms with Gasteiger partial charge in [0.2, 0.25) is 5.91 Å². The average molecular weight is 413 g/mol. The summed E-state index contributed by atoms with van der Waals surface area (Å²) >= 11 is 0. The van der Waals surface area contributed by atoms with Crippen LogP contribution in [0.4, 0.5) is 0 Å². The number of amides is 1. The highest BCUT2D eigenvalue weighted by molar-refractivity contribution is 5.89. The number of carbonyl (C=O) groups is 2. The fourth-order valence-electron chi connectivity index (χ4n) is 3.80. The molecule has 1 unspecified atom stereocenters. The van der Waals surface area contributed by atoms with Crippen molar-refractivity contribution in [3.63, 3.8) is 0 Å². The third-order valence-electron chi connectivity index (χ3n) is 5.57. The number of rotatable bonds is 6. The highest BCUT2D eigenvalue weighted by Crippen LogP contribution is 2.30. The summed E-state index contributed by atoms with van der Waals surface area (Å²) in [6, 6.07) is 2.83. The van der Waals surface area contributed by atoms with Crippen molar-refractivity contribution in [2.75, 3.05) is 13.2 Å². The highest BCUT2D eigenvalue weighted by Gasteiger charge is 2.34. The van der Waals surface area contributed by atoms with Gasteiger partial charge in [0.15, 0.2) is 0 Å². The van der Waals surface area contributed by atoms with E-state index in [-0.39, 0.29) is 17.9 Å². The molecule has 0 radical (unpaired) electrons. The molecular weight excluding hydrogens is 386 g/mol. The summed E-state index contributed by atoms with van der Waals surface area (Å²) in [5.41, 5.74) is 2.66. The summed E-state index contributed by atoms with van der Waals surface area (Å²) in [5.74, 6) is -0.750. The van der Waals surface area contributed by atoms with Gasteiger partial charge in [-0.25, -0.2) is 9.59 Å². The van der Waals surface area contributed by atoms with Gasteiger partial charge in [-0.1, -0.05) is 5.57 Å². The molecule has 7 heteroatoms. The topological polar surface area (TPSA) is 97.0 Å². The largest absolute Gasteiger partial charge is 0.489 e. The maximum atomic E-state index is 12.7. The van der Waals surface area contributed by atoms with Crippen LogP contribution in [0.2, 0.25) is 0 Å². The number of hydrogen-bond donors (Lipinski definition) is 1. The van der Waals surface area contributed by atoms with Gasteiger partial charge in [-0.2, -0.15) is 0 Å². The van der Waals surface area contributed by atoms with Crippen LogP contribution in [0.5, 0.6) is 5.75 Å². The third-order valence-corrected chi connectivity index (χ3v) is 5.57. The van der Waals surface area contributed by atoms with E-state index >= 15 is 0 Å². The van der Waals surface area contributed by atoms with E-state index in [1.165, 1.54) is 4.90 Å². The molecular formula is C23H27NO6. The molecule has 1 atom stereocenters. The van der Waals surface area contributed by atoms with Gasteiger partial charge in [0.25, 0.3) is 0 Å². The second-order valence-corrected chi connectivity index (χ2v) is 7.91. The number of aliphatic carboxylic acids is 1. The van der Waals surface area contributed by atoms with E-state index in [1.807, 2.05) is 39.0 Å². The lowest BCUT2D eigenvalue weighted by Crippen LogP contribution is -2.41. The van der Waals surface area contributed by atoms with E-state index < -0.39 is 17.6 Å². The molecule has 0 bridgehead atoms. The van der Waals surface area contributed by atoms with Crippen LogP contribution in [-0.2, 0) is 16.0 Å². The molecule has 0 aliphatic carbocycles. The normalized spacial score (nSPS) is 16.0. The van der Waals surface area contributed by atoms with Crippen LogP contribution in [0.25, 0.3) is 11.0 Å². The van der Waals surface area contributed by atoms with E-state index in [1.54, 1.807) is 6.92 Å². The number of benzene rings is 1. The number of allylic oxidation sites excluding steroid dienone is 1. The Hall–Kier alpha value is -3.09. The molecule has 30 heavy (non-hydrogen) atoms. The van der Waals surface area contributed by atoms with Gasteiger partial charge in [-0.3, -0.25) is 4.79 Å². The molecule has 1 N–H and O–H groups in total. The van der Waals surface area contributed by atoms with Crippen molar-refractivity contribution in [3.8, 4) is 5.75 Å². The molecule has 1 fully saturated rings. The van der Waals surface area contributed by atoms with Crippen LogP contribution in [-0.4, -0.2) is 41.1 Å². The molecule has 1 aromatic carbocycles. The van der Waals surface area contributed by atoms with Gasteiger partial charge >= 0.3 is 11.6 Å². The van der Waals surface area contributed by atoms with Gasteiger partial charge in [0, 0.05) is 17.5 Å². The quantitative estimate of drug-likeness (QED) is 0.576. The second kappa shape index (κ2) is 8.73. The van der Waals surface area contributed by atoms with E-state index in [9.17, 15) is 19.5 Å². The minimum atomic E-state index is -1.01. The molecule has 1 aliphatic heterocycles. The van der Waals surface area contributed by atoms with Crippen molar-refractivity contribution in [2.45, 2.75) is 53.0 Å². The molecule has 0 saturated carbocycles. The van der Waals surface area contributed by atoms with Gasteiger partial charge in [0.05, 0.1) is 12.0 Å². The number of carboxylic acids is 1. The number of nitrogens with zero attached hydrogens (tertiary/aromatic N) is 1. The van der Waals surface area contributed by atoms with Gasteiger partial charge < -0.3 is 19.2 Å². The summed E-state index contributed by atoms with van der Waals surface area (Å²) in [5, 5.41) is 10.0. The molecule has 7 nitrogen and oxygen atoms in total. The summed E-state index contributed by atoms with van der Waals surface area (Å²) < 4.78 is 11.3. The molecule has 1 saturated heterocycles. The van der Waals surface area contributed by atoms with Crippen molar-refractivity contribution >= 4 is 22.8 Å². The Morgan fingerprint density at radius 1 is 1.27 bits per heavy atom. The Bertz CT molecular complexity index is 1080. The maximum Gasteiger partial charge on any atom is 0.340 e. The fraction of sp³-hybridized carbons (Fsp3) is 0.435. The van der Waals surface area contributed by atoms with Crippen molar-refractivity contribution in [1.29, 1.82) is 0 Å². The van der Waals surface area contributed by atoms with Gasteiger partial charge in [-0.15, -0.1) is 0 Å². The molecule has 2 heterocycles. The zero-order chi connectivity index (χ0) is 22.0. The smallest absolute Gasteiger partial charge is 0.340 e. The third kappa shape index (κ3) is 4.25. The molecule has 3 rings (SSSR count). The van der Waals surface area contributed by atoms with E-state index in [2.05, 4.69) is 0 Å². The Labute approximate surface area is 174 Å². The lowest BCUT2D eigenvalue weighted by Gasteiger charge is -2.21. The zero-order valence-corrected chi connectivity index (χ0v) is 17.8. The fourth-order valence-corrected chi connectivity index (χ4v) is 3.80. The first-order valence-corrected chi connectivity index (χ1v) is 10.0. The number of fused-ring (bicyclic) bond motifs is 1. The molecule has 0 spiro atoms. The second-order valence-electron chi connectivity index (χ2n) is 7.91. The number of carboxylic acid groups (broad SMARTS) is 1. The van der Waals surface area contributed by atoms with Crippen LogP contribution in [0.3, 0.4) is 0 Å². The van der Waals surface area contributed by atoms with Crippen LogP contribution in [0.15, 0.2) is 33.0 Å². The Morgan fingerprint density at radius 3 is 2.67 bits per heavy atom. The number of carbonyl (C=O) groups excluding carboxylic acids is 1. The molecule has 2 aromatic rings. The van der Waals surface area contributed by atoms with Crippen molar-refractivity contribution in [3.05, 3.63) is 50.9 Å². The molecule has 1 aliphatic rings. The SMILES string of the molecule is CC(C)=CCOc1ccc2c(C)c(CC(=O)N3CCCC3C(=O)O)c(=O)oc2c1C. The lowest BCUT2D eigenvalue weighted by molar-refractivity contribution is -0.148. The molecule has 1 aromatic heterocycles. The first-order chi connectivity index (χ1) is 14.2. The monoisotopic (exact) mass is 413 g/mol. The Morgan fingerprint density at radius 2 is 2.00 bits per heavy atom. The minimum Gasteiger partial charge on any atom is -0.489 e. The highest BCUT2D eigenvalue weighted by atomic mass is 16.5. The van der Waals surface area contributed by atoms with E-state index in [0.717, 1.165) is 16.5 Å². The predicted molar refractivity (Wildman–Crippen MR) is 113 cm³/mol. The van der Waals surface area contributed by atoms with Crippen LogP contribution >= 0.6 is 0 Å². The standard InChI is InChI=1S/C23H27NO6/c1-13(2)9-11-29-19-8-7-16-14(3)17(23(28)30-21(16)15(19)4)12-20(25)24-10-5-6-18(24)22(26)27/h7-9,18H,5-6,10-12H2,1-4H3,(H,26,27). The van der Waals surface area contributed by atoms with Crippen molar-refractivity contribution < 1.29 is 23.8 Å². The van der Waals surface area contributed by atoms with E-state index in [4.69, 9.17) is 9.15 Å². The minimum absolute atomic E-state index is 0.175. The Balaban J connectivity index is 1.92. The first-order valence-electron chi connectivity index (χ1n) is 10.0. The maximum absolute atomic E-state index is 12.7. The summed E-state index contributed by atoms with van der Waals surface area (Å²) in [4.78, 5) is 38.1. The van der Waals surface area contributed by atoms with Crippen LogP contribution < -0.4 is 10.4 Å². The van der Waals surface area contributed by atoms with Gasteiger partial charge in [-0.05, 0) is 64.3 Å². The number of hydrogen-bond acceptors (Lipinski definition) is 5. The summed E-state index contributed by atoms with van der Waals surface area (Å²) in [6.07, 6.45) is 2.86. The van der Waals surface area contributed by atoms with E-state index in [0.29, 0.717) is 42.9 Å². The lowest BCUT2D eigenvalue weighted by atomic mass is 10.0. The number of likely N-dealkylation sites (tertiary alicyclic amines) is 1. The molecule has 1 amide bonds. The predicted octanol–water partition coefficient (Wildman–Crippen LogP) is 3.37. The number of ether oxygens (including phenoxy) is 1. The van der Waals surface area contributed by atoms with Gasteiger partial charge in [0.1, 0.15) is 24.0 Å². The first kappa shape index (κ1) is 21.6.